The topological polar surface area (TPSA) is 75.4 Å². The molecule has 2 aromatic heterocycles. The molecular formula is C17H25N5OS. The Kier molecular flexibility index (Phi) is 5.01. The number of piperazine rings is 1. The fourth-order valence-electron chi connectivity index (χ4n) is 3.41. The number of hydrogen-bond donors (Lipinski definition) is 1. The summed E-state index contributed by atoms with van der Waals surface area (Å²) in [5, 5.41) is 3.14. The summed E-state index contributed by atoms with van der Waals surface area (Å²) < 4.78 is 0. The van der Waals surface area contributed by atoms with Gasteiger partial charge in [-0.2, -0.15) is 0 Å². The zero-order valence-corrected chi connectivity index (χ0v) is 15.2. The highest BCUT2D eigenvalue weighted by atomic mass is 32.1. The normalized spacial score (nSPS) is 16.0. The minimum atomic E-state index is -0.405. The zero-order valence-electron chi connectivity index (χ0n) is 14.4. The fourth-order valence-corrected chi connectivity index (χ4v) is 4.14. The van der Waals surface area contributed by atoms with Gasteiger partial charge >= 0.3 is 0 Å². The van der Waals surface area contributed by atoms with E-state index in [4.69, 9.17) is 5.73 Å². The summed E-state index contributed by atoms with van der Waals surface area (Å²) in [7, 11) is 0. The maximum Gasteiger partial charge on any atom is 0.230 e. The Bertz CT molecular complexity index is 696. The van der Waals surface area contributed by atoms with Crippen LogP contribution in [0.15, 0.2) is 17.8 Å². The number of carbonyl (C=O) groups excluding carboxylic acids is 1. The molecular weight excluding hydrogens is 322 g/mol. The van der Waals surface area contributed by atoms with E-state index in [2.05, 4.69) is 34.8 Å². The van der Waals surface area contributed by atoms with Crippen molar-refractivity contribution in [2.24, 2.45) is 11.1 Å². The average molecular weight is 347 g/mol. The molecule has 1 fully saturated rings. The van der Waals surface area contributed by atoms with Crippen molar-refractivity contribution < 1.29 is 4.79 Å². The van der Waals surface area contributed by atoms with Crippen LogP contribution < -0.4 is 10.6 Å². The van der Waals surface area contributed by atoms with E-state index in [9.17, 15) is 4.79 Å². The zero-order chi connectivity index (χ0) is 17.2. The van der Waals surface area contributed by atoms with Crippen LogP contribution >= 0.6 is 11.3 Å². The van der Waals surface area contributed by atoms with Gasteiger partial charge in [0.05, 0.1) is 10.8 Å². The Balaban J connectivity index is 1.72. The van der Waals surface area contributed by atoms with Crippen LogP contribution in [-0.2, 0) is 4.79 Å². The van der Waals surface area contributed by atoms with Gasteiger partial charge in [0.2, 0.25) is 5.91 Å². The Morgan fingerprint density at radius 1 is 1.25 bits per heavy atom. The van der Waals surface area contributed by atoms with Crippen LogP contribution in [0, 0.1) is 5.41 Å². The maximum atomic E-state index is 12.9. The molecule has 1 aliphatic rings. The van der Waals surface area contributed by atoms with Gasteiger partial charge in [0.25, 0.3) is 0 Å². The molecule has 0 unspecified atom stereocenters. The number of thiophene rings is 1. The predicted octanol–water partition coefficient (Wildman–Crippen LogP) is 2.10. The van der Waals surface area contributed by atoms with Crippen molar-refractivity contribution in [3.05, 3.63) is 17.8 Å². The summed E-state index contributed by atoms with van der Waals surface area (Å²) in [5.41, 5.74) is 5.53. The van der Waals surface area contributed by atoms with E-state index in [0.717, 1.165) is 55.1 Å². The monoisotopic (exact) mass is 347 g/mol. The van der Waals surface area contributed by atoms with Crippen molar-refractivity contribution in [2.75, 3.05) is 37.6 Å². The smallest absolute Gasteiger partial charge is 0.230 e. The van der Waals surface area contributed by atoms with Gasteiger partial charge < -0.3 is 15.5 Å². The van der Waals surface area contributed by atoms with E-state index in [1.54, 1.807) is 17.7 Å². The molecule has 1 saturated heterocycles. The van der Waals surface area contributed by atoms with Crippen molar-refractivity contribution in [3.63, 3.8) is 0 Å². The predicted molar refractivity (Wildman–Crippen MR) is 98.3 cm³/mol. The maximum absolute atomic E-state index is 12.9. The van der Waals surface area contributed by atoms with Gasteiger partial charge in [0.1, 0.15) is 17.0 Å². The summed E-state index contributed by atoms with van der Waals surface area (Å²) >= 11 is 1.63. The van der Waals surface area contributed by atoms with Gasteiger partial charge in [0.15, 0.2) is 0 Å². The Morgan fingerprint density at radius 3 is 2.58 bits per heavy atom. The highest BCUT2D eigenvalue weighted by Gasteiger charge is 2.38. The van der Waals surface area contributed by atoms with Crippen molar-refractivity contribution >= 4 is 33.3 Å². The van der Waals surface area contributed by atoms with Crippen LogP contribution in [-0.4, -0.2) is 53.5 Å². The number of anilines is 1. The average Bonchev–Trinajstić information content (AvgIpc) is 3.12. The number of rotatable bonds is 5. The standard InChI is InChI=1S/C17H25N5OS/c1-3-17(4-2,11-18)16(23)22-8-6-21(7-9-22)14-13-5-10-24-15(13)20-12-19-14/h5,10,12H,3-4,6-9,11,18H2,1-2H3. The lowest BCUT2D eigenvalue weighted by molar-refractivity contribution is -0.142. The van der Waals surface area contributed by atoms with E-state index < -0.39 is 5.41 Å². The second-order valence-electron chi connectivity index (χ2n) is 6.31. The minimum absolute atomic E-state index is 0.206. The van der Waals surface area contributed by atoms with Crippen LogP contribution in [0.1, 0.15) is 26.7 Å². The highest BCUT2D eigenvalue weighted by molar-refractivity contribution is 7.16. The molecule has 0 spiro atoms. The number of carbonyl (C=O) groups is 1. The molecule has 3 heterocycles. The fraction of sp³-hybridized carbons (Fsp3) is 0.588. The number of hydrogen-bond acceptors (Lipinski definition) is 6. The molecule has 0 bridgehead atoms. The van der Waals surface area contributed by atoms with Gasteiger partial charge in [-0.05, 0) is 24.3 Å². The van der Waals surface area contributed by atoms with Gasteiger partial charge in [-0.1, -0.05) is 13.8 Å². The molecule has 6 nitrogen and oxygen atoms in total. The van der Waals surface area contributed by atoms with Gasteiger partial charge in [-0.15, -0.1) is 11.3 Å². The van der Waals surface area contributed by atoms with Crippen LogP contribution in [0.5, 0.6) is 0 Å². The molecule has 0 radical (unpaired) electrons. The van der Waals surface area contributed by atoms with Crippen LogP contribution in [0.3, 0.4) is 0 Å². The Morgan fingerprint density at radius 2 is 1.96 bits per heavy atom. The van der Waals surface area contributed by atoms with Gasteiger partial charge in [0, 0.05) is 32.7 Å². The lowest BCUT2D eigenvalue weighted by Crippen LogP contribution is -2.55. The lowest BCUT2D eigenvalue weighted by Gasteiger charge is -2.40. The first-order valence-electron chi connectivity index (χ1n) is 8.57. The van der Waals surface area contributed by atoms with E-state index in [1.165, 1.54) is 0 Å². The molecule has 3 rings (SSSR count). The Hall–Kier alpha value is -1.73. The largest absolute Gasteiger partial charge is 0.352 e. The molecule has 1 aliphatic heterocycles. The summed E-state index contributed by atoms with van der Waals surface area (Å²) in [4.78, 5) is 26.9. The third kappa shape index (κ3) is 2.86. The van der Waals surface area contributed by atoms with Gasteiger partial charge in [-0.3, -0.25) is 4.79 Å². The number of aromatic nitrogens is 2. The van der Waals surface area contributed by atoms with Gasteiger partial charge in [-0.25, -0.2) is 9.97 Å². The number of nitrogens with two attached hydrogens (primary N) is 1. The van der Waals surface area contributed by atoms with E-state index in [-0.39, 0.29) is 5.91 Å². The molecule has 130 valence electrons. The first kappa shape index (κ1) is 17.1. The van der Waals surface area contributed by atoms with E-state index in [1.807, 2.05) is 10.3 Å². The number of nitrogens with zero attached hydrogens (tertiary/aromatic N) is 4. The molecule has 0 aliphatic carbocycles. The van der Waals surface area contributed by atoms with Crippen molar-refractivity contribution in [1.82, 2.24) is 14.9 Å². The molecule has 2 aromatic rings. The number of amides is 1. The molecule has 24 heavy (non-hydrogen) atoms. The van der Waals surface area contributed by atoms with E-state index >= 15 is 0 Å². The third-order valence-corrected chi connectivity index (χ3v) is 6.13. The molecule has 0 saturated carbocycles. The summed E-state index contributed by atoms with van der Waals surface area (Å²) in [5.74, 6) is 1.18. The third-order valence-electron chi connectivity index (χ3n) is 5.31. The minimum Gasteiger partial charge on any atom is -0.352 e. The quantitative estimate of drug-likeness (QED) is 0.896. The SMILES string of the molecule is CCC(CC)(CN)C(=O)N1CCN(c2ncnc3sccc23)CC1. The first-order valence-corrected chi connectivity index (χ1v) is 9.45. The lowest BCUT2D eigenvalue weighted by atomic mass is 9.81. The highest BCUT2D eigenvalue weighted by Crippen LogP contribution is 2.30. The van der Waals surface area contributed by atoms with Crippen LogP contribution in [0.4, 0.5) is 5.82 Å². The van der Waals surface area contributed by atoms with Crippen molar-refractivity contribution in [3.8, 4) is 0 Å². The summed E-state index contributed by atoms with van der Waals surface area (Å²) in [6.07, 6.45) is 3.21. The second kappa shape index (κ2) is 7.03. The number of fused-ring (bicyclic) bond motifs is 1. The molecule has 1 amide bonds. The Labute approximate surface area is 146 Å². The van der Waals surface area contributed by atoms with Crippen molar-refractivity contribution in [1.29, 1.82) is 0 Å². The first-order chi connectivity index (χ1) is 11.6. The van der Waals surface area contributed by atoms with E-state index in [0.29, 0.717) is 6.54 Å². The van der Waals surface area contributed by atoms with Crippen LogP contribution in [0.2, 0.25) is 0 Å². The molecule has 0 aromatic carbocycles. The molecule has 7 heteroatoms. The molecule has 0 atom stereocenters. The summed E-state index contributed by atoms with van der Waals surface area (Å²) in [6, 6.07) is 2.07. The van der Waals surface area contributed by atoms with Crippen LogP contribution in [0.25, 0.3) is 10.2 Å². The molecule has 2 N–H and O–H groups in total. The second-order valence-corrected chi connectivity index (χ2v) is 7.20. The van der Waals surface area contributed by atoms with Crippen molar-refractivity contribution in [2.45, 2.75) is 26.7 Å². The summed E-state index contributed by atoms with van der Waals surface area (Å²) in [6.45, 7) is 7.55.